The number of nitrogens with zero attached hydrogens (tertiary/aromatic N) is 3. The molecule has 0 bridgehead atoms. The highest BCUT2D eigenvalue weighted by molar-refractivity contribution is 7.11. The second-order valence-electron chi connectivity index (χ2n) is 6.23. The Balaban J connectivity index is 2.11. The van der Waals surface area contributed by atoms with Gasteiger partial charge < -0.3 is 5.73 Å². The number of amides is 1. The monoisotopic (exact) mass is 356 g/mol. The van der Waals surface area contributed by atoms with Gasteiger partial charge in [-0.1, -0.05) is 19.1 Å². The predicted octanol–water partition coefficient (Wildman–Crippen LogP) is 3.06. The average Bonchev–Trinajstić information content (AvgIpc) is 3.01. The molecule has 2 N–H and O–H groups in total. The van der Waals surface area contributed by atoms with Gasteiger partial charge in [0, 0.05) is 17.5 Å². The van der Waals surface area contributed by atoms with Crippen molar-refractivity contribution in [3.8, 4) is 17.2 Å². The van der Waals surface area contributed by atoms with Crippen LogP contribution in [0, 0.1) is 22.4 Å². The number of nitrogens with two attached hydrogens (primary N) is 1. The van der Waals surface area contributed by atoms with Gasteiger partial charge in [0.05, 0.1) is 17.6 Å². The number of hydrogen-bond donors (Lipinski definition) is 1. The average molecular weight is 356 g/mol. The smallest absolute Gasteiger partial charge is 0.234 e. The molecule has 2 atom stereocenters. The molecular weight excluding hydrogens is 339 g/mol. The van der Waals surface area contributed by atoms with E-state index in [-0.39, 0.29) is 17.0 Å². The van der Waals surface area contributed by atoms with E-state index < -0.39 is 11.5 Å². The summed E-state index contributed by atoms with van der Waals surface area (Å²) in [5, 5.41) is 8.66. The molecule has 2 aromatic rings. The molecule has 0 aliphatic carbocycles. The topological polar surface area (TPSA) is 82.5 Å². The Kier molecular flexibility index (Phi) is 4.09. The van der Waals surface area contributed by atoms with Crippen LogP contribution in [0.1, 0.15) is 24.3 Å². The van der Waals surface area contributed by atoms with Crippen molar-refractivity contribution in [3.05, 3.63) is 45.9 Å². The standard InChI is InChI=1S/C18H17FN4OS/c1-10-16(24)23(3)17(21)22-18(10,2)14-8-13(15(19)25-14)12-6-4-5-11(7-12)9-20/h4-8,10H,1-3H3,(H2,21,22)/t10-,18?/m0/s1. The molecule has 0 radical (unpaired) electrons. The van der Waals surface area contributed by atoms with Gasteiger partial charge in [-0.15, -0.1) is 11.3 Å². The van der Waals surface area contributed by atoms with E-state index in [0.717, 1.165) is 11.3 Å². The van der Waals surface area contributed by atoms with Crippen LogP contribution in [-0.2, 0) is 10.3 Å². The lowest BCUT2D eigenvalue weighted by Gasteiger charge is -2.37. The first kappa shape index (κ1) is 17.1. The van der Waals surface area contributed by atoms with Crippen molar-refractivity contribution in [1.29, 1.82) is 5.26 Å². The number of thiophene rings is 1. The number of halogens is 1. The Hall–Kier alpha value is -2.72. The maximum atomic E-state index is 14.6. The van der Waals surface area contributed by atoms with Crippen LogP contribution in [-0.4, -0.2) is 23.8 Å². The molecule has 0 saturated heterocycles. The molecule has 0 saturated carbocycles. The van der Waals surface area contributed by atoms with Crippen LogP contribution in [0.25, 0.3) is 11.1 Å². The zero-order valence-electron chi connectivity index (χ0n) is 14.1. The van der Waals surface area contributed by atoms with E-state index in [1.165, 1.54) is 4.90 Å². The molecular formula is C18H17FN4OS. The van der Waals surface area contributed by atoms with Gasteiger partial charge in [-0.05, 0) is 30.7 Å². The zero-order chi connectivity index (χ0) is 18.4. The minimum absolute atomic E-state index is 0.118. The molecule has 7 heteroatoms. The van der Waals surface area contributed by atoms with E-state index >= 15 is 0 Å². The fourth-order valence-electron chi connectivity index (χ4n) is 2.89. The molecule has 0 spiro atoms. The Morgan fingerprint density at radius 3 is 2.84 bits per heavy atom. The molecule has 1 aliphatic rings. The molecule has 5 nitrogen and oxygen atoms in total. The van der Waals surface area contributed by atoms with Gasteiger partial charge in [-0.3, -0.25) is 9.69 Å². The molecule has 1 aromatic carbocycles. The number of carbonyl (C=O) groups is 1. The van der Waals surface area contributed by atoms with Gasteiger partial charge in [-0.25, -0.2) is 4.99 Å². The lowest BCUT2D eigenvalue weighted by atomic mass is 9.83. The summed E-state index contributed by atoms with van der Waals surface area (Å²) < 4.78 is 14.6. The first-order valence-corrected chi connectivity index (χ1v) is 8.53. The van der Waals surface area contributed by atoms with E-state index in [1.54, 1.807) is 51.2 Å². The van der Waals surface area contributed by atoms with Gasteiger partial charge in [0.15, 0.2) is 11.1 Å². The fraction of sp³-hybridized carbons (Fsp3) is 0.278. The van der Waals surface area contributed by atoms with Crippen LogP contribution in [0.3, 0.4) is 0 Å². The summed E-state index contributed by atoms with van der Waals surface area (Å²) in [6.07, 6.45) is 0. The maximum Gasteiger partial charge on any atom is 0.234 e. The first-order chi connectivity index (χ1) is 11.8. The zero-order valence-corrected chi connectivity index (χ0v) is 14.9. The van der Waals surface area contributed by atoms with Crippen LogP contribution in [0.5, 0.6) is 0 Å². The van der Waals surface area contributed by atoms with Crippen molar-refractivity contribution in [1.82, 2.24) is 4.90 Å². The van der Waals surface area contributed by atoms with Crippen molar-refractivity contribution < 1.29 is 9.18 Å². The lowest BCUT2D eigenvalue weighted by Crippen LogP contribution is -2.52. The van der Waals surface area contributed by atoms with Crippen molar-refractivity contribution in [2.24, 2.45) is 16.6 Å². The number of guanidine groups is 1. The molecule has 3 rings (SSSR count). The number of aliphatic imine (C=N–C) groups is 1. The molecule has 1 unspecified atom stereocenters. The van der Waals surface area contributed by atoms with Crippen molar-refractivity contribution in [3.63, 3.8) is 0 Å². The molecule has 1 aromatic heterocycles. The summed E-state index contributed by atoms with van der Waals surface area (Å²) in [6.45, 7) is 3.55. The fourth-order valence-corrected chi connectivity index (χ4v) is 3.98. The maximum absolute atomic E-state index is 14.6. The molecule has 1 amide bonds. The summed E-state index contributed by atoms with van der Waals surface area (Å²) in [4.78, 5) is 18.8. The highest BCUT2D eigenvalue weighted by Crippen LogP contribution is 2.43. The molecule has 128 valence electrons. The molecule has 25 heavy (non-hydrogen) atoms. The third-order valence-electron chi connectivity index (χ3n) is 4.72. The number of benzene rings is 1. The third-order valence-corrected chi connectivity index (χ3v) is 5.87. The number of carbonyl (C=O) groups excluding carboxylic acids is 1. The number of nitriles is 1. The van der Waals surface area contributed by atoms with Crippen molar-refractivity contribution in [2.45, 2.75) is 19.4 Å². The van der Waals surface area contributed by atoms with Crippen LogP contribution < -0.4 is 5.73 Å². The Bertz CT molecular complexity index is 929. The SMILES string of the molecule is C[C@H]1C(=O)N(C)C(N)=NC1(C)c1cc(-c2cccc(C#N)c2)c(F)s1. The minimum Gasteiger partial charge on any atom is -0.369 e. The minimum atomic E-state index is -0.926. The summed E-state index contributed by atoms with van der Waals surface area (Å²) in [5.41, 5.74) is 6.41. The predicted molar refractivity (Wildman–Crippen MR) is 95.3 cm³/mol. The summed E-state index contributed by atoms with van der Waals surface area (Å²) in [5.74, 6) is -0.509. The summed E-state index contributed by atoms with van der Waals surface area (Å²) in [6, 6.07) is 10.5. The highest BCUT2D eigenvalue weighted by atomic mass is 32.1. The van der Waals surface area contributed by atoms with Crippen molar-refractivity contribution >= 4 is 23.2 Å². The third kappa shape index (κ3) is 2.68. The first-order valence-electron chi connectivity index (χ1n) is 7.71. The van der Waals surface area contributed by atoms with Gasteiger partial charge in [0.1, 0.15) is 5.54 Å². The summed E-state index contributed by atoms with van der Waals surface area (Å²) >= 11 is 0.954. The molecule has 1 aliphatic heterocycles. The Morgan fingerprint density at radius 2 is 2.16 bits per heavy atom. The van der Waals surface area contributed by atoms with Gasteiger partial charge in [-0.2, -0.15) is 9.65 Å². The van der Waals surface area contributed by atoms with Crippen LogP contribution in [0.4, 0.5) is 4.39 Å². The Morgan fingerprint density at radius 1 is 1.44 bits per heavy atom. The molecule has 2 heterocycles. The van der Waals surface area contributed by atoms with Crippen LogP contribution in [0.2, 0.25) is 0 Å². The number of hydrogen-bond acceptors (Lipinski definition) is 5. The van der Waals surface area contributed by atoms with Crippen molar-refractivity contribution in [2.75, 3.05) is 7.05 Å². The summed E-state index contributed by atoms with van der Waals surface area (Å²) in [7, 11) is 1.57. The lowest BCUT2D eigenvalue weighted by molar-refractivity contribution is -0.133. The van der Waals surface area contributed by atoms with E-state index in [1.807, 2.05) is 0 Å². The normalized spacial score (nSPS) is 23.3. The van der Waals surface area contributed by atoms with Gasteiger partial charge >= 0.3 is 0 Å². The van der Waals surface area contributed by atoms with E-state index in [9.17, 15) is 9.18 Å². The van der Waals surface area contributed by atoms with Crippen LogP contribution in [0.15, 0.2) is 35.3 Å². The Labute approximate surface area is 149 Å². The van der Waals surface area contributed by atoms with E-state index in [2.05, 4.69) is 11.1 Å². The van der Waals surface area contributed by atoms with Gasteiger partial charge in [0.2, 0.25) is 5.91 Å². The second kappa shape index (κ2) is 5.97. The largest absolute Gasteiger partial charge is 0.369 e. The number of rotatable bonds is 2. The van der Waals surface area contributed by atoms with E-state index in [0.29, 0.717) is 21.6 Å². The van der Waals surface area contributed by atoms with E-state index in [4.69, 9.17) is 11.0 Å². The second-order valence-corrected chi connectivity index (χ2v) is 7.23. The highest BCUT2D eigenvalue weighted by Gasteiger charge is 2.44. The van der Waals surface area contributed by atoms with Gasteiger partial charge in [0.25, 0.3) is 0 Å². The quantitative estimate of drug-likeness (QED) is 0.898. The molecule has 0 fully saturated rings. The van der Waals surface area contributed by atoms with Crippen LogP contribution >= 0.6 is 11.3 Å².